The molecule has 0 aliphatic heterocycles. The molecule has 8 heteroatoms. The molecule has 0 radical (unpaired) electrons. The number of benzene rings is 1. The number of nitrogens with zero attached hydrogens (tertiary/aromatic N) is 1. The lowest BCUT2D eigenvalue weighted by Gasteiger charge is -2.11. The van der Waals surface area contributed by atoms with Crippen LogP contribution in [0.4, 0.5) is 11.4 Å². The summed E-state index contributed by atoms with van der Waals surface area (Å²) in [7, 11) is -4.17. The van der Waals surface area contributed by atoms with Crippen molar-refractivity contribution >= 4 is 21.5 Å². The third-order valence-corrected chi connectivity index (χ3v) is 2.91. The molecule has 7 nitrogen and oxygen atoms in total. The molecule has 0 spiro atoms. The first kappa shape index (κ1) is 12.4. The van der Waals surface area contributed by atoms with Crippen molar-refractivity contribution in [3.63, 3.8) is 0 Å². The second-order valence-electron chi connectivity index (χ2n) is 3.11. The fraction of sp³-hybridized carbons (Fsp3) is 0.250. The van der Waals surface area contributed by atoms with Crippen molar-refractivity contribution in [3.05, 3.63) is 34.4 Å². The molecule has 0 saturated carbocycles. The maximum Gasteiger partial charge on any atom is 0.285 e. The lowest BCUT2D eigenvalue weighted by molar-refractivity contribution is -0.384. The van der Waals surface area contributed by atoms with E-state index in [0.29, 0.717) is 5.69 Å². The minimum absolute atomic E-state index is 0.0925. The van der Waals surface area contributed by atoms with Gasteiger partial charge in [-0.05, 0) is 19.1 Å². The Bertz CT molecular complexity index is 482. The molecule has 1 atom stereocenters. The zero-order valence-corrected chi connectivity index (χ0v) is 9.14. The number of non-ortho nitro benzene ring substituents is 1. The first-order chi connectivity index (χ1) is 7.30. The summed E-state index contributed by atoms with van der Waals surface area (Å²) in [5.74, 6) is 0. The molecule has 88 valence electrons. The molecular formula is C8H10N2O5S. The first-order valence-corrected chi connectivity index (χ1v) is 5.78. The number of nitro benzene ring substituents is 1. The number of hydrogen-bond acceptors (Lipinski definition) is 5. The predicted molar refractivity (Wildman–Crippen MR) is 57.7 cm³/mol. The smallest absolute Gasteiger partial charge is 0.285 e. The third kappa shape index (κ3) is 3.17. The van der Waals surface area contributed by atoms with E-state index >= 15 is 0 Å². The minimum atomic E-state index is -4.17. The summed E-state index contributed by atoms with van der Waals surface area (Å²) in [5.41, 5.74) is 0.279. The average Bonchev–Trinajstić information content (AvgIpc) is 2.17. The molecule has 0 bridgehead atoms. The first-order valence-electron chi connectivity index (χ1n) is 4.28. The molecule has 1 unspecified atom stereocenters. The van der Waals surface area contributed by atoms with Gasteiger partial charge in [0.15, 0.2) is 5.37 Å². The summed E-state index contributed by atoms with van der Waals surface area (Å²) >= 11 is 0. The minimum Gasteiger partial charge on any atom is -0.367 e. The zero-order valence-electron chi connectivity index (χ0n) is 8.32. The van der Waals surface area contributed by atoms with E-state index in [2.05, 4.69) is 5.32 Å². The number of nitro groups is 1. The van der Waals surface area contributed by atoms with Crippen molar-refractivity contribution in [3.8, 4) is 0 Å². The summed E-state index contributed by atoms with van der Waals surface area (Å²) < 4.78 is 30.1. The van der Waals surface area contributed by atoms with Crippen LogP contribution in [-0.2, 0) is 10.1 Å². The summed E-state index contributed by atoms with van der Waals surface area (Å²) in [5, 5.41) is 11.7. The highest BCUT2D eigenvalue weighted by atomic mass is 32.2. The molecule has 0 fully saturated rings. The topological polar surface area (TPSA) is 110 Å². The maximum absolute atomic E-state index is 10.7. The zero-order chi connectivity index (χ0) is 12.3. The van der Waals surface area contributed by atoms with Crippen LogP contribution < -0.4 is 5.32 Å². The average molecular weight is 246 g/mol. The lowest BCUT2D eigenvalue weighted by atomic mass is 10.3. The van der Waals surface area contributed by atoms with Gasteiger partial charge in [-0.3, -0.25) is 14.7 Å². The molecule has 1 aromatic rings. The van der Waals surface area contributed by atoms with E-state index in [4.69, 9.17) is 4.55 Å². The Labute approximate surface area is 92.0 Å². The Morgan fingerprint density at radius 1 is 1.38 bits per heavy atom. The number of anilines is 1. The molecule has 0 saturated heterocycles. The third-order valence-electron chi connectivity index (χ3n) is 1.89. The standard InChI is InChI=1S/C8H10N2O5S/c1-6(16(13,14)15)9-7-2-4-8(5-3-7)10(11)12/h2-6,9H,1H3,(H,13,14,15). The van der Waals surface area contributed by atoms with E-state index in [-0.39, 0.29) is 5.69 Å². The van der Waals surface area contributed by atoms with E-state index < -0.39 is 20.4 Å². The monoisotopic (exact) mass is 246 g/mol. The molecule has 0 aliphatic rings. The molecular weight excluding hydrogens is 236 g/mol. The quantitative estimate of drug-likeness (QED) is 0.470. The highest BCUT2D eigenvalue weighted by Gasteiger charge is 2.16. The predicted octanol–water partition coefficient (Wildman–Crippen LogP) is 1.24. The lowest BCUT2D eigenvalue weighted by Crippen LogP contribution is -2.25. The second kappa shape index (κ2) is 4.45. The van der Waals surface area contributed by atoms with Crippen LogP contribution in [0.5, 0.6) is 0 Å². The van der Waals surface area contributed by atoms with Crippen LogP contribution in [0, 0.1) is 10.1 Å². The van der Waals surface area contributed by atoms with Crippen LogP contribution in [-0.4, -0.2) is 23.3 Å². The molecule has 1 aromatic carbocycles. The number of rotatable bonds is 4. The van der Waals surface area contributed by atoms with E-state index in [1.165, 1.54) is 31.2 Å². The molecule has 0 aromatic heterocycles. The Balaban J connectivity index is 2.81. The summed E-state index contributed by atoms with van der Waals surface area (Å²) in [6.07, 6.45) is 0. The van der Waals surface area contributed by atoms with Crippen LogP contribution in [0.2, 0.25) is 0 Å². The van der Waals surface area contributed by atoms with Crippen LogP contribution in [0.25, 0.3) is 0 Å². The van der Waals surface area contributed by atoms with Gasteiger partial charge in [0, 0.05) is 17.8 Å². The Hall–Kier alpha value is -1.67. The van der Waals surface area contributed by atoms with Gasteiger partial charge in [0.25, 0.3) is 15.8 Å². The van der Waals surface area contributed by atoms with Gasteiger partial charge in [-0.2, -0.15) is 8.42 Å². The molecule has 0 aliphatic carbocycles. The van der Waals surface area contributed by atoms with E-state index in [0.717, 1.165) is 0 Å². The van der Waals surface area contributed by atoms with Gasteiger partial charge in [-0.1, -0.05) is 0 Å². The highest BCUT2D eigenvalue weighted by molar-refractivity contribution is 7.86. The van der Waals surface area contributed by atoms with Crippen LogP contribution in [0.3, 0.4) is 0 Å². The normalized spacial score (nSPS) is 13.1. The summed E-state index contributed by atoms with van der Waals surface area (Å²) in [4.78, 5) is 9.78. The van der Waals surface area contributed by atoms with Gasteiger partial charge >= 0.3 is 0 Å². The van der Waals surface area contributed by atoms with Crippen molar-refractivity contribution in [1.82, 2.24) is 0 Å². The SMILES string of the molecule is CC(Nc1ccc([N+](=O)[O-])cc1)S(=O)(=O)O. The summed E-state index contributed by atoms with van der Waals surface area (Å²) in [6, 6.07) is 5.19. The molecule has 16 heavy (non-hydrogen) atoms. The van der Waals surface area contributed by atoms with Gasteiger partial charge in [0.1, 0.15) is 0 Å². The van der Waals surface area contributed by atoms with E-state index in [9.17, 15) is 18.5 Å². The van der Waals surface area contributed by atoms with Crippen LogP contribution >= 0.6 is 0 Å². The maximum atomic E-state index is 10.7. The molecule has 2 N–H and O–H groups in total. The second-order valence-corrected chi connectivity index (χ2v) is 4.84. The van der Waals surface area contributed by atoms with Crippen LogP contribution in [0.15, 0.2) is 24.3 Å². The van der Waals surface area contributed by atoms with Crippen molar-refractivity contribution in [2.75, 3.05) is 5.32 Å². The van der Waals surface area contributed by atoms with Crippen LogP contribution in [0.1, 0.15) is 6.92 Å². The molecule has 0 heterocycles. The molecule has 0 amide bonds. The van der Waals surface area contributed by atoms with Gasteiger partial charge in [-0.15, -0.1) is 0 Å². The van der Waals surface area contributed by atoms with E-state index in [1.54, 1.807) is 0 Å². The molecule has 1 rings (SSSR count). The van der Waals surface area contributed by atoms with Crippen molar-refractivity contribution in [2.24, 2.45) is 0 Å². The van der Waals surface area contributed by atoms with E-state index in [1.807, 2.05) is 0 Å². The number of hydrogen-bond donors (Lipinski definition) is 2. The number of nitrogens with one attached hydrogen (secondary N) is 1. The Morgan fingerprint density at radius 2 is 1.88 bits per heavy atom. The van der Waals surface area contributed by atoms with Crippen molar-refractivity contribution in [2.45, 2.75) is 12.3 Å². The van der Waals surface area contributed by atoms with Gasteiger partial charge in [0.2, 0.25) is 0 Å². The largest absolute Gasteiger partial charge is 0.367 e. The summed E-state index contributed by atoms with van der Waals surface area (Å²) in [6.45, 7) is 1.26. The highest BCUT2D eigenvalue weighted by Crippen LogP contribution is 2.16. The van der Waals surface area contributed by atoms with Crippen molar-refractivity contribution in [1.29, 1.82) is 0 Å². The fourth-order valence-corrected chi connectivity index (χ4v) is 1.27. The van der Waals surface area contributed by atoms with Gasteiger partial charge in [-0.25, -0.2) is 0 Å². The van der Waals surface area contributed by atoms with Gasteiger partial charge in [0.05, 0.1) is 4.92 Å². The van der Waals surface area contributed by atoms with Gasteiger partial charge < -0.3 is 5.32 Å². The van der Waals surface area contributed by atoms with Crippen molar-refractivity contribution < 1.29 is 17.9 Å². The Morgan fingerprint density at radius 3 is 2.25 bits per heavy atom. The fourth-order valence-electron chi connectivity index (χ4n) is 0.989. The Kier molecular flexibility index (Phi) is 3.45.